The first-order valence-corrected chi connectivity index (χ1v) is 5.88. The molecule has 0 saturated carbocycles. The molecule has 0 bridgehead atoms. The van der Waals surface area contributed by atoms with Crippen LogP contribution in [0.25, 0.3) is 0 Å². The van der Waals surface area contributed by atoms with Crippen molar-refractivity contribution >= 4 is 23.7 Å². The first-order chi connectivity index (χ1) is 8.76. The number of hydrogen-bond donors (Lipinski definition) is 1. The quantitative estimate of drug-likeness (QED) is 0.814. The normalized spacial score (nSPS) is 13.9. The van der Waals surface area contributed by atoms with Gasteiger partial charge in [-0.05, 0) is 30.5 Å². The number of aryl methyl sites for hydroxylation is 1. The van der Waals surface area contributed by atoms with E-state index < -0.39 is 0 Å². The average molecular weight is 248 g/mol. The number of methoxy groups -OCH3 is 1. The number of nitrogens with one attached hydrogen (secondary N) is 1. The predicted molar refractivity (Wildman–Crippen MR) is 68.7 cm³/mol. The van der Waals surface area contributed by atoms with E-state index in [-0.39, 0.29) is 12.5 Å². The number of carbonyl (C=O) groups excluding carboxylic acids is 2. The monoisotopic (exact) mass is 248 g/mol. The Balaban J connectivity index is 2.30. The highest BCUT2D eigenvalue weighted by Crippen LogP contribution is 2.30. The van der Waals surface area contributed by atoms with E-state index in [0.29, 0.717) is 18.6 Å². The van der Waals surface area contributed by atoms with Crippen molar-refractivity contribution in [3.8, 4) is 0 Å². The third-order valence-electron chi connectivity index (χ3n) is 3.00. The summed E-state index contributed by atoms with van der Waals surface area (Å²) in [5.74, 6) is -0.0540. The van der Waals surface area contributed by atoms with Gasteiger partial charge in [-0.25, -0.2) is 0 Å². The molecule has 1 aliphatic heterocycles. The van der Waals surface area contributed by atoms with E-state index in [1.54, 1.807) is 4.90 Å². The van der Waals surface area contributed by atoms with E-state index in [9.17, 15) is 9.59 Å². The first-order valence-electron chi connectivity index (χ1n) is 5.88. The smallest absolute Gasteiger partial charge is 0.252 e. The van der Waals surface area contributed by atoms with Gasteiger partial charge in [0.25, 0.3) is 5.91 Å². The highest BCUT2D eigenvalue weighted by Gasteiger charge is 2.22. The number of benzene rings is 1. The minimum Gasteiger partial charge on any atom is -0.375 e. The van der Waals surface area contributed by atoms with Crippen LogP contribution in [0.15, 0.2) is 18.2 Å². The lowest BCUT2D eigenvalue weighted by Crippen LogP contribution is -2.37. The fourth-order valence-electron chi connectivity index (χ4n) is 2.19. The highest BCUT2D eigenvalue weighted by molar-refractivity contribution is 5.96. The third kappa shape index (κ3) is 2.51. The molecule has 1 aromatic rings. The molecule has 18 heavy (non-hydrogen) atoms. The molecule has 0 fully saturated rings. The van der Waals surface area contributed by atoms with Crippen molar-refractivity contribution in [2.75, 3.05) is 30.5 Å². The lowest BCUT2D eigenvalue weighted by molar-refractivity contribution is -0.122. The average Bonchev–Trinajstić information content (AvgIpc) is 2.38. The molecule has 96 valence electrons. The molecular weight excluding hydrogens is 232 g/mol. The van der Waals surface area contributed by atoms with Crippen LogP contribution in [0, 0.1) is 0 Å². The topological polar surface area (TPSA) is 58.6 Å². The molecule has 5 nitrogen and oxygen atoms in total. The van der Waals surface area contributed by atoms with Crippen molar-refractivity contribution in [3.05, 3.63) is 23.8 Å². The maximum atomic E-state index is 11.9. The number of amides is 2. The second-order valence-corrected chi connectivity index (χ2v) is 4.19. The number of ether oxygens (including phenoxy) is 1. The maximum absolute atomic E-state index is 11.9. The molecule has 1 aliphatic rings. The Hall–Kier alpha value is -1.88. The molecule has 0 aromatic heterocycles. The van der Waals surface area contributed by atoms with Crippen LogP contribution in [0.1, 0.15) is 12.0 Å². The molecular formula is C13H16N2O3. The number of carbonyl (C=O) groups is 2. The molecule has 1 N–H and O–H groups in total. The van der Waals surface area contributed by atoms with E-state index in [1.165, 1.54) is 7.11 Å². The van der Waals surface area contributed by atoms with Gasteiger partial charge in [-0.15, -0.1) is 0 Å². The van der Waals surface area contributed by atoms with E-state index in [4.69, 9.17) is 4.74 Å². The predicted octanol–water partition coefficient (Wildman–Crippen LogP) is 1.18. The summed E-state index contributed by atoms with van der Waals surface area (Å²) in [4.78, 5) is 24.1. The van der Waals surface area contributed by atoms with Crippen LogP contribution in [0.5, 0.6) is 0 Å². The summed E-state index contributed by atoms with van der Waals surface area (Å²) in [5.41, 5.74) is 2.69. The van der Waals surface area contributed by atoms with Crippen LogP contribution in [0.2, 0.25) is 0 Å². The SMILES string of the molecule is COCC(=O)N1CCCc2ccc(NC=O)cc21. The summed E-state index contributed by atoms with van der Waals surface area (Å²) < 4.78 is 4.89. The van der Waals surface area contributed by atoms with E-state index in [0.717, 1.165) is 24.1 Å². The molecule has 2 rings (SSSR count). The fraction of sp³-hybridized carbons (Fsp3) is 0.385. The molecule has 1 heterocycles. The Morgan fingerprint density at radius 1 is 1.56 bits per heavy atom. The number of hydrogen-bond acceptors (Lipinski definition) is 3. The molecule has 0 saturated heterocycles. The first kappa shape index (κ1) is 12.6. The molecule has 0 spiro atoms. The van der Waals surface area contributed by atoms with Crippen LogP contribution in [0.4, 0.5) is 11.4 Å². The molecule has 5 heteroatoms. The van der Waals surface area contributed by atoms with Crippen LogP contribution in [-0.4, -0.2) is 32.6 Å². The number of anilines is 2. The van der Waals surface area contributed by atoms with Gasteiger partial charge in [-0.3, -0.25) is 9.59 Å². The van der Waals surface area contributed by atoms with E-state index >= 15 is 0 Å². The molecule has 0 radical (unpaired) electrons. The highest BCUT2D eigenvalue weighted by atomic mass is 16.5. The van der Waals surface area contributed by atoms with Gasteiger partial charge in [0.2, 0.25) is 6.41 Å². The Morgan fingerprint density at radius 3 is 3.11 bits per heavy atom. The maximum Gasteiger partial charge on any atom is 0.252 e. The Kier molecular flexibility index (Phi) is 3.94. The Morgan fingerprint density at radius 2 is 2.39 bits per heavy atom. The minimum absolute atomic E-state index is 0.0540. The van der Waals surface area contributed by atoms with Crippen LogP contribution >= 0.6 is 0 Å². The molecule has 0 aliphatic carbocycles. The largest absolute Gasteiger partial charge is 0.375 e. The van der Waals surface area contributed by atoms with Gasteiger partial charge in [0, 0.05) is 25.0 Å². The van der Waals surface area contributed by atoms with Gasteiger partial charge in [0.15, 0.2) is 0 Å². The van der Waals surface area contributed by atoms with Crippen LogP contribution in [-0.2, 0) is 20.7 Å². The zero-order valence-corrected chi connectivity index (χ0v) is 10.3. The summed E-state index contributed by atoms with van der Waals surface area (Å²) in [6.07, 6.45) is 2.53. The number of fused-ring (bicyclic) bond motifs is 1. The lowest BCUT2D eigenvalue weighted by Gasteiger charge is -2.29. The second kappa shape index (κ2) is 5.64. The van der Waals surface area contributed by atoms with E-state index in [1.807, 2.05) is 18.2 Å². The molecule has 2 amide bonds. The van der Waals surface area contributed by atoms with Crippen LogP contribution in [0.3, 0.4) is 0 Å². The Bertz CT molecular complexity index is 460. The van der Waals surface area contributed by atoms with E-state index in [2.05, 4.69) is 5.32 Å². The second-order valence-electron chi connectivity index (χ2n) is 4.19. The minimum atomic E-state index is -0.0540. The zero-order chi connectivity index (χ0) is 13.0. The molecule has 0 atom stereocenters. The van der Waals surface area contributed by atoms with Crippen molar-refractivity contribution in [2.45, 2.75) is 12.8 Å². The van der Waals surface area contributed by atoms with Crippen molar-refractivity contribution < 1.29 is 14.3 Å². The van der Waals surface area contributed by atoms with Gasteiger partial charge in [-0.1, -0.05) is 6.07 Å². The van der Waals surface area contributed by atoms with Gasteiger partial charge < -0.3 is 15.0 Å². The fourth-order valence-corrected chi connectivity index (χ4v) is 2.19. The van der Waals surface area contributed by atoms with Crippen molar-refractivity contribution in [1.29, 1.82) is 0 Å². The summed E-state index contributed by atoms with van der Waals surface area (Å²) in [6.45, 7) is 0.768. The van der Waals surface area contributed by atoms with Gasteiger partial charge >= 0.3 is 0 Å². The van der Waals surface area contributed by atoms with Crippen molar-refractivity contribution in [2.24, 2.45) is 0 Å². The van der Waals surface area contributed by atoms with Crippen molar-refractivity contribution in [1.82, 2.24) is 0 Å². The molecule has 1 aromatic carbocycles. The van der Waals surface area contributed by atoms with Gasteiger partial charge in [0.05, 0.1) is 0 Å². The zero-order valence-electron chi connectivity index (χ0n) is 10.3. The van der Waals surface area contributed by atoms with Gasteiger partial charge in [-0.2, -0.15) is 0 Å². The number of nitrogens with zero attached hydrogens (tertiary/aromatic N) is 1. The standard InChI is InChI=1S/C13H16N2O3/c1-18-8-13(17)15-6-2-3-10-4-5-11(14-9-16)7-12(10)15/h4-5,7,9H,2-3,6,8H2,1H3,(H,14,16). The summed E-state index contributed by atoms with van der Waals surface area (Å²) in [7, 11) is 1.51. The third-order valence-corrected chi connectivity index (χ3v) is 3.00. The summed E-state index contributed by atoms with van der Waals surface area (Å²) in [6, 6.07) is 5.63. The summed E-state index contributed by atoms with van der Waals surface area (Å²) in [5, 5.41) is 2.60. The number of rotatable bonds is 4. The van der Waals surface area contributed by atoms with Crippen molar-refractivity contribution in [3.63, 3.8) is 0 Å². The molecule has 0 unspecified atom stereocenters. The summed E-state index contributed by atoms with van der Waals surface area (Å²) >= 11 is 0. The lowest BCUT2D eigenvalue weighted by atomic mass is 10.0. The van der Waals surface area contributed by atoms with Gasteiger partial charge in [0.1, 0.15) is 6.61 Å². The Labute approximate surface area is 106 Å². The van der Waals surface area contributed by atoms with Crippen LogP contribution < -0.4 is 10.2 Å².